The zero-order chi connectivity index (χ0) is 25.8. The van der Waals surface area contributed by atoms with Gasteiger partial charge in [-0.3, -0.25) is 9.59 Å². The van der Waals surface area contributed by atoms with Gasteiger partial charge in [-0.05, 0) is 48.1 Å². The number of carbonyl (C=O) groups is 2. The number of carbonyl (C=O) groups excluding carboxylic acids is 2. The van der Waals surface area contributed by atoms with Crippen LogP contribution >= 0.6 is 0 Å². The number of nitrogens with one attached hydrogen (secondary N) is 1. The fourth-order valence-corrected chi connectivity index (χ4v) is 4.64. The first-order valence-electron chi connectivity index (χ1n) is 12.5. The van der Waals surface area contributed by atoms with Crippen molar-refractivity contribution >= 4 is 17.4 Å². The van der Waals surface area contributed by atoms with Gasteiger partial charge < -0.3 is 19.6 Å². The number of benzene rings is 2. The standard InChI is InChI=1S/C29H38N2O4/c1-7-30(8-2)17-10-18-31-25(20-13-15-22(16-14-20)29(3,4)5)24(27(33)28(31)34)26(32)21-11-9-12-23(19-21)35-6/h9,11-16,19,25,32H,7-8,10,17-18H2,1-6H3/b26-24+. The van der Waals surface area contributed by atoms with Crippen molar-refractivity contribution in [3.8, 4) is 5.75 Å². The quantitative estimate of drug-likeness (QED) is 0.342. The molecule has 1 fully saturated rings. The Bertz CT molecular complexity index is 1080. The molecule has 0 aromatic heterocycles. The maximum atomic E-state index is 13.6. The number of quaternary nitrogens is 1. The molecule has 1 N–H and O–H groups in total. The lowest BCUT2D eigenvalue weighted by molar-refractivity contribution is -0.896. The molecule has 3 rings (SSSR count). The van der Waals surface area contributed by atoms with Gasteiger partial charge >= 0.3 is 0 Å². The molecule has 1 unspecified atom stereocenters. The molecule has 35 heavy (non-hydrogen) atoms. The Morgan fingerprint density at radius 2 is 1.71 bits per heavy atom. The van der Waals surface area contributed by atoms with Crippen molar-refractivity contribution in [1.82, 2.24) is 4.90 Å². The van der Waals surface area contributed by atoms with E-state index < -0.39 is 23.5 Å². The minimum absolute atomic E-state index is 0.0157. The zero-order valence-electron chi connectivity index (χ0n) is 21.8. The van der Waals surface area contributed by atoms with E-state index in [1.807, 2.05) is 24.3 Å². The van der Waals surface area contributed by atoms with Gasteiger partial charge in [-0.25, -0.2) is 0 Å². The molecule has 188 valence electrons. The Morgan fingerprint density at radius 1 is 1.06 bits per heavy atom. The summed E-state index contributed by atoms with van der Waals surface area (Å²) < 4.78 is 5.26. The average molecular weight is 479 g/mol. The summed E-state index contributed by atoms with van der Waals surface area (Å²) in [5.41, 5.74) is 2.25. The highest BCUT2D eigenvalue weighted by atomic mass is 16.5. The maximum absolute atomic E-state index is 13.6. The summed E-state index contributed by atoms with van der Waals surface area (Å²) in [5.74, 6) is -1.21. The van der Waals surface area contributed by atoms with Crippen molar-refractivity contribution in [3.63, 3.8) is 0 Å². The number of amides is 1. The first-order valence-corrected chi connectivity index (χ1v) is 12.5. The Kier molecular flexibility index (Phi) is 8.39. The van der Waals surface area contributed by atoms with E-state index >= 15 is 0 Å². The summed E-state index contributed by atoms with van der Waals surface area (Å²) >= 11 is 0. The van der Waals surface area contributed by atoms with E-state index in [0.717, 1.165) is 37.2 Å². The lowest BCUT2D eigenvalue weighted by atomic mass is 9.85. The van der Waals surface area contributed by atoms with Crippen molar-refractivity contribution in [2.75, 3.05) is 33.3 Å². The first-order chi connectivity index (χ1) is 16.6. The van der Waals surface area contributed by atoms with E-state index in [0.29, 0.717) is 17.9 Å². The minimum Gasteiger partial charge on any atom is -0.872 e. The predicted molar refractivity (Wildman–Crippen MR) is 136 cm³/mol. The van der Waals surface area contributed by atoms with Crippen LogP contribution in [0, 0.1) is 0 Å². The highest BCUT2D eigenvalue weighted by Gasteiger charge is 2.44. The van der Waals surface area contributed by atoms with Crippen LogP contribution in [0.1, 0.15) is 63.8 Å². The molecule has 1 amide bonds. The Hall–Kier alpha value is -3.12. The van der Waals surface area contributed by atoms with Crippen LogP contribution in [0.15, 0.2) is 54.1 Å². The van der Waals surface area contributed by atoms with Gasteiger partial charge in [0, 0.05) is 18.5 Å². The number of methoxy groups -OCH3 is 1. The molecule has 0 bridgehead atoms. The van der Waals surface area contributed by atoms with Crippen molar-refractivity contribution in [1.29, 1.82) is 0 Å². The zero-order valence-corrected chi connectivity index (χ0v) is 21.8. The van der Waals surface area contributed by atoms with Gasteiger partial charge in [-0.1, -0.05) is 62.9 Å². The molecule has 1 heterocycles. The van der Waals surface area contributed by atoms with E-state index in [1.54, 1.807) is 29.2 Å². The number of hydrogen-bond acceptors (Lipinski definition) is 4. The number of ketones is 1. The van der Waals surface area contributed by atoms with Gasteiger partial charge in [0.2, 0.25) is 5.78 Å². The van der Waals surface area contributed by atoms with Crippen LogP contribution < -0.4 is 14.7 Å². The van der Waals surface area contributed by atoms with Gasteiger partial charge in [-0.15, -0.1) is 0 Å². The highest BCUT2D eigenvalue weighted by molar-refractivity contribution is 6.46. The molecule has 0 radical (unpaired) electrons. The number of Topliss-reactive ketones (excluding diaryl/α,β-unsaturated/α-hetero) is 1. The van der Waals surface area contributed by atoms with Gasteiger partial charge in [-0.2, -0.15) is 0 Å². The largest absolute Gasteiger partial charge is 0.872 e. The van der Waals surface area contributed by atoms with E-state index in [9.17, 15) is 14.7 Å². The number of hydrogen-bond donors (Lipinski definition) is 1. The fourth-order valence-electron chi connectivity index (χ4n) is 4.64. The maximum Gasteiger partial charge on any atom is 0.295 e. The normalized spacial score (nSPS) is 17.9. The Labute approximate surface area is 209 Å². The summed E-state index contributed by atoms with van der Waals surface area (Å²) in [5, 5.41) is 13.6. The number of nitrogens with zero attached hydrogens (tertiary/aromatic N) is 1. The summed E-state index contributed by atoms with van der Waals surface area (Å²) in [6.45, 7) is 14.0. The third-order valence-corrected chi connectivity index (χ3v) is 6.88. The highest BCUT2D eigenvalue weighted by Crippen LogP contribution is 2.39. The SMILES string of the molecule is CC[NH+](CC)CCCN1C(=O)C(=O)/C(=C(/[O-])c2cccc(OC)c2)C1c1ccc(C(C)(C)C)cc1. The van der Waals surface area contributed by atoms with Crippen LogP contribution in [-0.4, -0.2) is 49.9 Å². The molecule has 6 nitrogen and oxygen atoms in total. The van der Waals surface area contributed by atoms with Crippen LogP contribution in [0.25, 0.3) is 5.76 Å². The van der Waals surface area contributed by atoms with Crippen molar-refractivity contribution in [2.45, 2.75) is 52.5 Å². The van der Waals surface area contributed by atoms with Gasteiger partial charge in [0.05, 0.1) is 32.8 Å². The number of rotatable bonds is 9. The molecule has 1 aliphatic heterocycles. The van der Waals surface area contributed by atoms with E-state index in [4.69, 9.17) is 4.74 Å². The number of ether oxygens (including phenoxy) is 1. The topological polar surface area (TPSA) is 74.1 Å². The molecular formula is C29H38N2O4. The average Bonchev–Trinajstić information content (AvgIpc) is 3.10. The molecule has 2 aromatic rings. The fraction of sp³-hybridized carbons (Fsp3) is 0.448. The molecule has 0 aliphatic carbocycles. The summed E-state index contributed by atoms with van der Waals surface area (Å²) in [7, 11) is 1.53. The number of likely N-dealkylation sites (tertiary alicyclic amines) is 1. The molecular weight excluding hydrogens is 440 g/mol. The smallest absolute Gasteiger partial charge is 0.295 e. The Morgan fingerprint density at radius 3 is 2.29 bits per heavy atom. The summed E-state index contributed by atoms with van der Waals surface area (Å²) in [4.78, 5) is 29.4. The van der Waals surface area contributed by atoms with E-state index in [-0.39, 0.29) is 11.0 Å². The Balaban J connectivity index is 2.06. The second kappa shape index (κ2) is 11.1. The molecule has 1 saturated heterocycles. The third-order valence-electron chi connectivity index (χ3n) is 6.88. The second-order valence-corrected chi connectivity index (χ2v) is 10.1. The summed E-state index contributed by atoms with van der Waals surface area (Å²) in [6.07, 6.45) is 0.757. The van der Waals surface area contributed by atoms with Crippen LogP contribution in [0.2, 0.25) is 0 Å². The van der Waals surface area contributed by atoms with Crippen molar-refractivity contribution in [3.05, 3.63) is 70.8 Å². The van der Waals surface area contributed by atoms with E-state index in [2.05, 4.69) is 34.6 Å². The van der Waals surface area contributed by atoms with Crippen LogP contribution in [0.5, 0.6) is 5.75 Å². The lowest BCUT2D eigenvalue weighted by Crippen LogP contribution is -3.11. The monoisotopic (exact) mass is 478 g/mol. The molecule has 6 heteroatoms. The van der Waals surface area contributed by atoms with Gasteiger partial charge in [0.15, 0.2) is 0 Å². The van der Waals surface area contributed by atoms with Gasteiger partial charge in [0.25, 0.3) is 5.91 Å². The summed E-state index contributed by atoms with van der Waals surface area (Å²) in [6, 6.07) is 14.0. The van der Waals surface area contributed by atoms with Crippen molar-refractivity contribution < 1.29 is 24.3 Å². The van der Waals surface area contributed by atoms with Crippen LogP contribution in [0.3, 0.4) is 0 Å². The second-order valence-electron chi connectivity index (χ2n) is 10.1. The lowest BCUT2D eigenvalue weighted by Gasteiger charge is -2.29. The molecule has 0 spiro atoms. The molecule has 1 atom stereocenters. The minimum atomic E-state index is -0.710. The van der Waals surface area contributed by atoms with Crippen LogP contribution in [0.4, 0.5) is 0 Å². The predicted octanol–water partition coefficient (Wildman–Crippen LogP) is 2.53. The molecule has 0 saturated carbocycles. The third kappa shape index (κ3) is 5.76. The van der Waals surface area contributed by atoms with E-state index in [1.165, 1.54) is 12.0 Å². The van der Waals surface area contributed by atoms with Crippen molar-refractivity contribution in [2.24, 2.45) is 0 Å². The molecule has 1 aliphatic rings. The first kappa shape index (κ1) is 26.5. The van der Waals surface area contributed by atoms with Gasteiger partial charge in [0.1, 0.15) is 5.75 Å². The van der Waals surface area contributed by atoms with Crippen LogP contribution in [-0.2, 0) is 15.0 Å². The molecule has 2 aromatic carbocycles.